The highest BCUT2D eigenvalue weighted by Gasteiger charge is 2.18. The SMILES string of the molecule is CCCn1cc(S(=O)(=O)NCc2cn[nH]c2C)cc1CO. The van der Waals surface area contributed by atoms with Crippen LogP contribution in [0.5, 0.6) is 0 Å². The molecule has 21 heavy (non-hydrogen) atoms. The van der Waals surface area contributed by atoms with Crippen LogP contribution in [0.3, 0.4) is 0 Å². The Bertz CT molecular complexity index is 703. The molecule has 0 spiro atoms. The second-order valence-electron chi connectivity index (χ2n) is 4.86. The zero-order chi connectivity index (χ0) is 15.5. The lowest BCUT2D eigenvalue weighted by Gasteiger charge is -2.04. The van der Waals surface area contributed by atoms with Crippen LogP contribution in [0, 0.1) is 6.92 Å². The van der Waals surface area contributed by atoms with Gasteiger partial charge in [0.15, 0.2) is 0 Å². The summed E-state index contributed by atoms with van der Waals surface area (Å²) in [5.41, 5.74) is 2.22. The largest absolute Gasteiger partial charge is 0.390 e. The molecule has 0 saturated carbocycles. The summed E-state index contributed by atoms with van der Waals surface area (Å²) < 4.78 is 28.9. The number of aromatic amines is 1. The van der Waals surface area contributed by atoms with Crippen molar-refractivity contribution < 1.29 is 13.5 Å². The summed E-state index contributed by atoms with van der Waals surface area (Å²) in [6.07, 6.45) is 4.02. The van der Waals surface area contributed by atoms with E-state index in [1.165, 1.54) is 6.07 Å². The van der Waals surface area contributed by atoms with E-state index in [2.05, 4.69) is 14.9 Å². The Labute approximate surface area is 124 Å². The summed E-state index contributed by atoms with van der Waals surface area (Å²) in [4.78, 5) is 0.168. The average Bonchev–Trinajstić information content (AvgIpc) is 3.04. The first kappa shape index (κ1) is 15.7. The van der Waals surface area contributed by atoms with Gasteiger partial charge in [-0.15, -0.1) is 0 Å². The maximum Gasteiger partial charge on any atom is 0.242 e. The highest BCUT2D eigenvalue weighted by atomic mass is 32.2. The van der Waals surface area contributed by atoms with E-state index in [4.69, 9.17) is 0 Å². The minimum Gasteiger partial charge on any atom is -0.390 e. The van der Waals surface area contributed by atoms with E-state index >= 15 is 0 Å². The first-order chi connectivity index (χ1) is 9.97. The van der Waals surface area contributed by atoms with Crippen LogP contribution < -0.4 is 4.72 Å². The van der Waals surface area contributed by atoms with Crippen LogP contribution in [0.15, 0.2) is 23.4 Å². The number of hydrogen-bond donors (Lipinski definition) is 3. The fourth-order valence-corrected chi connectivity index (χ4v) is 3.13. The maximum atomic E-state index is 12.3. The molecule has 0 atom stereocenters. The Balaban J connectivity index is 2.17. The molecule has 0 fully saturated rings. The van der Waals surface area contributed by atoms with Gasteiger partial charge >= 0.3 is 0 Å². The Morgan fingerprint density at radius 1 is 1.48 bits per heavy atom. The third kappa shape index (κ3) is 3.52. The number of nitrogens with zero attached hydrogens (tertiary/aromatic N) is 2. The lowest BCUT2D eigenvalue weighted by Crippen LogP contribution is -2.23. The standard InChI is InChI=1S/C13H20N4O3S/c1-3-4-17-8-13(5-12(17)9-18)21(19,20)15-7-11-6-14-16-10(11)2/h5-6,8,15,18H,3-4,7,9H2,1-2H3,(H,14,16). The van der Waals surface area contributed by atoms with E-state index in [0.29, 0.717) is 12.2 Å². The number of hydrogen-bond acceptors (Lipinski definition) is 4. The number of H-pyrrole nitrogens is 1. The van der Waals surface area contributed by atoms with Crippen molar-refractivity contribution in [3.8, 4) is 0 Å². The molecule has 0 aliphatic heterocycles. The summed E-state index contributed by atoms with van der Waals surface area (Å²) in [5, 5.41) is 15.9. The Morgan fingerprint density at radius 2 is 2.24 bits per heavy atom. The number of aliphatic hydroxyl groups excluding tert-OH is 1. The van der Waals surface area contributed by atoms with E-state index < -0.39 is 10.0 Å². The molecule has 0 radical (unpaired) electrons. The van der Waals surface area contributed by atoms with Crippen molar-refractivity contribution in [2.75, 3.05) is 0 Å². The second-order valence-corrected chi connectivity index (χ2v) is 6.63. The third-order valence-electron chi connectivity index (χ3n) is 3.28. The molecule has 8 heteroatoms. The van der Waals surface area contributed by atoms with Gasteiger partial charge < -0.3 is 9.67 Å². The lowest BCUT2D eigenvalue weighted by molar-refractivity contribution is 0.270. The zero-order valence-corrected chi connectivity index (χ0v) is 12.9. The molecule has 0 aromatic carbocycles. The smallest absolute Gasteiger partial charge is 0.242 e. The Morgan fingerprint density at radius 3 is 2.81 bits per heavy atom. The van der Waals surface area contributed by atoms with Crippen molar-refractivity contribution in [3.63, 3.8) is 0 Å². The normalized spacial score (nSPS) is 12.0. The van der Waals surface area contributed by atoms with Gasteiger partial charge in [0, 0.05) is 36.2 Å². The molecule has 7 nitrogen and oxygen atoms in total. The number of aliphatic hydroxyl groups is 1. The molecule has 116 valence electrons. The molecule has 2 aromatic rings. The monoisotopic (exact) mass is 312 g/mol. The first-order valence-electron chi connectivity index (χ1n) is 6.76. The fourth-order valence-electron chi connectivity index (χ4n) is 2.06. The molecular formula is C13H20N4O3S. The molecule has 2 heterocycles. The molecule has 0 aliphatic carbocycles. The number of nitrogens with one attached hydrogen (secondary N) is 2. The van der Waals surface area contributed by atoms with Crippen LogP contribution in [0.1, 0.15) is 30.3 Å². The van der Waals surface area contributed by atoms with Crippen molar-refractivity contribution in [3.05, 3.63) is 35.4 Å². The Hall–Kier alpha value is -1.64. The van der Waals surface area contributed by atoms with E-state index in [-0.39, 0.29) is 18.0 Å². The lowest BCUT2D eigenvalue weighted by atomic mass is 10.3. The molecule has 0 bridgehead atoms. The molecular weight excluding hydrogens is 292 g/mol. The second kappa shape index (κ2) is 6.42. The van der Waals surface area contributed by atoms with Crippen molar-refractivity contribution in [1.82, 2.24) is 19.5 Å². The van der Waals surface area contributed by atoms with E-state index in [1.807, 2.05) is 13.8 Å². The highest BCUT2D eigenvalue weighted by Crippen LogP contribution is 2.16. The van der Waals surface area contributed by atoms with Crippen molar-refractivity contribution in [1.29, 1.82) is 0 Å². The number of aromatic nitrogens is 3. The van der Waals surface area contributed by atoms with Crippen molar-refractivity contribution in [2.24, 2.45) is 0 Å². The van der Waals surface area contributed by atoms with Gasteiger partial charge in [-0.1, -0.05) is 6.92 Å². The summed E-state index contributed by atoms with van der Waals surface area (Å²) in [6.45, 7) is 4.49. The van der Waals surface area contributed by atoms with Gasteiger partial charge in [0.2, 0.25) is 10.0 Å². The van der Waals surface area contributed by atoms with E-state index in [0.717, 1.165) is 17.7 Å². The van der Waals surface area contributed by atoms with Crippen LogP contribution in [-0.4, -0.2) is 28.3 Å². The Kier molecular flexibility index (Phi) is 4.81. The summed E-state index contributed by atoms with van der Waals surface area (Å²) in [7, 11) is -3.61. The minimum absolute atomic E-state index is 0.168. The van der Waals surface area contributed by atoms with Gasteiger partial charge in [-0.25, -0.2) is 13.1 Å². The molecule has 0 amide bonds. The topological polar surface area (TPSA) is 100 Å². The molecule has 2 aromatic heterocycles. The predicted molar refractivity (Wildman–Crippen MR) is 78.0 cm³/mol. The van der Waals surface area contributed by atoms with Crippen molar-refractivity contribution in [2.45, 2.75) is 44.9 Å². The van der Waals surface area contributed by atoms with Crippen LogP contribution >= 0.6 is 0 Å². The number of rotatable bonds is 7. The van der Waals surface area contributed by atoms with Crippen LogP contribution in [-0.2, 0) is 29.7 Å². The van der Waals surface area contributed by atoms with Gasteiger partial charge in [-0.05, 0) is 19.4 Å². The summed E-state index contributed by atoms with van der Waals surface area (Å²) in [6, 6.07) is 1.50. The third-order valence-corrected chi connectivity index (χ3v) is 4.65. The molecule has 0 unspecified atom stereocenters. The van der Waals surface area contributed by atoms with Gasteiger partial charge in [0.05, 0.1) is 17.7 Å². The van der Waals surface area contributed by atoms with Gasteiger partial charge in [-0.3, -0.25) is 5.10 Å². The fraction of sp³-hybridized carbons (Fsp3) is 0.462. The van der Waals surface area contributed by atoms with Gasteiger partial charge in [-0.2, -0.15) is 5.10 Å². The number of sulfonamides is 1. The highest BCUT2D eigenvalue weighted by molar-refractivity contribution is 7.89. The van der Waals surface area contributed by atoms with Crippen LogP contribution in [0.4, 0.5) is 0 Å². The van der Waals surface area contributed by atoms with Gasteiger partial charge in [0.25, 0.3) is 0 Å². The average molecular weight is 312 g/mol. The molecule has 3 N–H and O–H groups in total. The van der Waals surface area contributed by atoms with Gasteiger partial charge in [0.1, 0.15) is 0 Å². The molecule has 0 aliphatic rings. The van der Waals surface area contributed by atoms with Crippen LogP contribution in [0.25, 0.3) is 0 Å². The summed E-state index contributed by atoms with van der Waals surface area (Å²) in [5.74, 6) is 0. The van der Waals surface area contributed by atoms with Crippen LogP contribution in [0.2, 0.25) is 0 Å². The molecule has 0 saturated heterocycles. The predicted octanol–water partition coefficient (Wildman–Crippen LogP) is 0.900. The summed E-state index contributed by atoms with van der Waals surface area (Å²) >= 11 is 0. The first-order valence-corrected chi connectivity index (χ1v) is 8.24. The van der Waals surface area contributed by atoms with E-state index in [1.54, 1.807) is 17.0 Å². The van der Waals surface area contributed by atoms with Crippen molar-refractivity contribution >= 4 is 10.0 Å². The number of aryl methyl sites for hydroxylation is 2. The zero-order valence-electron chi connectivity index (χ0n) is 12.1. The molecule has 2 rings (SSSR count). The van der Waals surface area contributed by atoms with E-state index in [9.17, 15) is 13.5 Å². The maximum absolute atomic E-state index is 12.3. The quantitative estimate of drug-likeness (QED) is 0.707. The minimum atomic E-state index is -3.61.